The molecule has 170 valence electrons. The molecule has 0 bridgehead atoms. The van der Waals surface area contributed by atoms with Gasteiger partial charge >= 0.3 is 6.18 Å². The number of amides is 1. The first kappa shape index (κ1) is 24.7. The minimum Gasteiger partial charge on any atom is -0.355 e. The molecule has 9 heteroatoms. The van der Waals surface area contributed by atoms with Gasteiger partial charge in [0, 0.05) is 31.0 Å². The molecule has 1 saturated heterocycles. The number of benzene rings is 1. The minimum absolute atomic E-state index is 0.130. The number of piperidine rings is 1. The van der Waals surface area contributed by atoms with Gasteiger partial charge in [-0.2, -0.15) is 13.2 Å². The number of rotatable bonds is 8. The Balaban J connectivity index is 1.92. The Morgan fingerprint density at radius 1 is 1.17 bits per heavy atom. The van der Waals surface area contributed by atoms with E-state index in [4.69, 9.17) is 0 Å². The van der Waals surface area contributed by atoms with Crippen molar-refractivity contribution in [2.45, 2.75) is 58.0 Å². The summed E-state index contributed by atoms with van der Waals surface area (Å²) in [4.78, 5) is 12.6. The molecule has 2 rings (SSSR count). The Labute approximate surface area is 177 Å². The van der Waals surface area contributed by atoms with Gasteiger partial charge in [0.15, 0.2) is 0 Å². The number of nitrogens with zero attached hydrogens (tertiary/aromatic N) is 1. The number of sulfonamides is 1. The van der Waals surface area contributed by atoms with Crippen molar-refractivity contribution in [1.29, 1.82) is 0 Å². The average Bonchev–Trinajstić information content (AvgIpc) is 2.70. The van der Waals surface area contributed by atoms with E-state index >= 15 is 0 Å². The summed E-state index contributed by atoms with van der Waals surface area (Å²) in [6, 6.07) is 5.14. The summed E-state index contributed by atoms with van der Waals surface area (Å²) in [5, 5.41) is 2.85. The van der Waals surface area contributed by atoms with Gasteiger partial charge in [0.2, 0.25) is 15.9 Å². The maximum atomic E-state index is 13.0. The second kappa shape index (κ2) is 9.68. The van der Waals surface area contributed by atoms with Crippen molar-refractivity contribution in [3.8, 4) is 0 Å². The van der Waals surface area contributed by atoms with Gasteiger partial charge in [-0.3, -0.25) is 4.79 Å². The van der Waals surface area contributed by atoms with Gasteiger partial charge in [-0.05, 0) is 30.9 Å². The quantitative estimate of drug-likeness (QED) is 0.655. The first-order valence-electron chi connectivity index (χ1n) is 10.3. The molecule has 1 aliphatic heterocycles. The molecule has 1 N–H and O–H groups in total. The lowest BCUT2D eigenvalue weighted by molar-refractivity contribution is -0.137. The van der Waals surface area contributed by atoms with E-state index in [2.05, 4.69) is 5.32 Å². The number of unbranched alkanes of at least 4 members (excludes halogenated alkanes) is 1. The molecule has 0 aromatic heterocycles. The number of carbonyl (C=O) groups excluding carboxylic acids is 1. The van der Waals surface area contributed by atoms with E-state index in [1.165, 1.54) is 10.4 Å². The van der Waals surface area contributed by atoms with Crippen LogP contribution >= 0.6 is 0 Å². The molecule has 0 atom stereocenters. The molecule has 1 aliphatic rings. The van der Waals surface area contributed by atoms with Gasteiger partial charge in [-0.1, -0.05) is 45.4 Å². The lowest BCUT2D eigenvalue weighted by Gasteiger charge is -2.32. The molecule has 1 heterocycles. The molecular formula is C21H31F3N2O3S. The molecule has 0 radical (unpaired) electrons. The molecule has 1 amide bonds. The fraction of sp³-hybridized carbons (Fsp3) is 0.667. The molecule has 0 unspecified atom stereocenters. The third kappa shape index (κ3) is 6.44. The monoisotopic (exact) mass is 448 g/mol. The Morgan fingerprint density at radius 3 is 2.33 bits per heavy atom. The number of hydrogen-bond acceptors (Lipinski definition) is 3. The molecule has 0 spiro atoms. The van der Waals surface area contributed by atoms with Gasteiger partial charge in [-0.15, -0.1) is 0 Å². The van der Waals surface area contributed by atoms with Gasteiger partial charge in [0.25, 0.3) is 0 Å². The lowest BCUT2D eigenvalue weighted by atomic mass is 9.83. The second-order valence-electron chi connectivity index (χ2n) is 8.52. The predicted octanol–water partition coefficient (Wildman–Crippen LogP) is 3.94. The van der Waals surface area contributed by atoms with Crippen molar-refractivity contribution in [3.05, 3.63) is 35.4 Å². The van der Waals surface area contributed by atoms with Crippen LogP contribution in [0.5, 0.6) is 0 Å². The highest BCUT2D eigenvalue weighted by atomic mass is 32.2. The van der Waals surface area contributed by atoms with E-state index in [9.17, 15) is 26.4 Å². The van der Waals surface area contributed by atoms with Crippen molar-refractivity contribution in [3.63, 3.8) is 0 Å². The van der Waals surface area contributed by atoms with E-state index in [0.717, 1.165) is 18.6 Å². The largest absolute Gasteiger partial charge is 0.416 e. The summed E-state index contributed by atoms with van der Waals surface area (Å²) < 4.78 is 65.0. The molecule has 30 heavy (non-hydrogen) atoms. The van der Waals surface area contributed by atoms with Crippen LogP contribution in [0.2, 0.25) is 0 Å². The maximum Gasteiger partial charge on any atom is 0.416 e. The number of hydrogen-bond donors (Lipinski definition) is 1. The summed E-state index contributed by atoms with van der Waals surface area (Å²) >= 11 is 0. The number of nitrogens with one attached hydrogen (secondary N) is 1. The highest BCUT2D eigenvalue weighted by Crippen LogP contribution is 2.32. The van der Waals surface area contributed by atoms with E-state index < -0.39 is 27.2 Å². The smallest absolute Gasteiger partial charge is 0.355 e. The van der Waals surface area contributed by atoms with Gasteiger partial charge < -0.3 is 5.32 Å². The zero-order valence-corrected chi connectivity index (χ0v) is 18.6. The molecule has 1 aromatic rings. The maximum absolute atomic E-state index is 13.0. The van der Waals surface area contributed by atoms with E-state index in [-0.39, 0.29) is 24.1 Å². The van der Waals surface area contributed by atoms with Crippen LogP contribution in [-0.4, -0.2) is 44.0 Å². The highest BCUT2D eigenvalue weighted by molar-refractivity contribution is 7.89. The zero-order chi connectivity index (χ0) is 22.6. The van der Waals surface area contributed by atoms with Crippen LogP contribution in [0, 0.1) is 5.92 Å². The van der Waals surface area contributed by atoms with Crippen molar-refractivity contribution >= 4 is 15.9 Å². The molecule has 1 aromatic carbocycles. The highest BCUT2D eigenvalue weighted by Gasteiger charge is 2.34. The first-order valence-corrected chi connectivity index (χ1v) is 11.9. The Kier molecular flexibility index (Phi) is 7.96. The standard InChI is InChI=1S/C21H31F3N2O3S/c1-4-5-13-30(28,29)26-11-9-16(10-12-26)19(27)25-15-20(2,3)17-7-6-8-18(14-17)21(22,23)24/h6-8,14,16H,4-5,9-13,15H2,1-3H3,(H,25,27). The Hall–Kier alpha value is -1.61. The summed E-state index contributed by atoms with van der Waals surface area (Å²) in [6.07, 6.45) is -2.10. The minimum atomic E-state index is -4.42. The van der Waals surface area contributed by atoms with Crippen molar-refractivity contribution < 1.29 is 26.4 Å². The number of carbonyl (C=O) groups is 1. The van der Waals surface area contributed by atoms with E-state index in [1.54, 1.807) is 19.9 Å². The fourth-order valence-corrected chi connectivity index (χ4v) is 5.20. The van der Waals surface area contributed by atoms with Crippen LogP contribution in [0.1, 0.15) is 57.6 Å². The van der Waals surface area contributed by atoms with Crippen molar-refractivity contribution in [2.24, 2.45) is 5.92 Å². The molecule has 1 fully saturated rings. The summed E-state index contributed by atoms with van der Waals surface area (Å²) in [5.41, 5.74) is -0.897. The SMILES string of the molecule is CCCCS(=O)(=O)N1CCC(C(=O)NCC(C)(C)c2cccc(C(F)(F)F)c2)CC1. The molecule has 5 nitrogen and oxygen atoms in total. The topological polar surface area (TPSA) is 66.5 Å². The first-order chi connectivity index (χ1) is 13.9. The Bertz CT molecular complexity index is 830. The third-order valence-corrected chi connectivity index (χ3v) is 7.61. The van der Waals surface area contributed by atoms with Crippen LogP contribution in [0.3, 0.4) is 0 Å². The second-order valence-corrected chi connectivity index (χ2v) is 10.6. The van der Waals surface area contributed by atoms with Crippen LogP contribution in [0.15, 0.2) is 24.3 Å². The summed E-state index contributed by atoms with van der Waals surface area (Å²) in [5.74, 6) is -0.341. The normalized spacial score (nSPS) is 17.1. The van der Waals surface area contributed by atoms with Crippen LogP contribution in [0.4, 0.5) is 13.2 Å². The zero-order valence-electron chi connectivity index (χ0n) is 17.8. The van der Waals surface area contributed by atoms with E-state index in [0.29, 0.717) is 37.9 Å². The number of halogens is 3. The molecule has 0 aliphatic carbocycles. The molecular weight excluding hydrogens is 417 g/mol. The summed E-state index contributed by atoms with van der Waals surface area (Å²) in [6.45, 7) is 6.34. The number of alkyl halides is 3. The average molecular weight is 449 g/mol. The lowest BCUT2D eigenvalue weighted by Crippen LogP contribution is -2.45. The van der Waals surface area contributed by atoms with E-state index in [1.807, 2.05) is 6.92 Å². The Morgan fingerprint density at radius 2 is 1.77 bits per heavy atom. The molecule has 0 saturated carbocycles. The van der Waals surface area contributed by atoms with Crippen LogP contribution < -0.4 is 5.32 Å². The van der Waals surface area contributed by atoms with Crippen molar-refractivity contribution in [2.75, 3.05) is 25.4 Å². The van der Waals surface area contributed by atoms with Crippen molar-refractivity contribution in [1.82, 2.24) is 9.62 Å². The predicted molar refractivity (Wildman–Crippen MR) is 110 cm³/mol. The van der Waals surface area contributed by atoms with Gasteiger partial charge in [0.05, 0.1) is 11.3 Å². The van der Waals surface area contributed by atoms with Crippen LogP contribution in [-0.2, 0) is 26.4 Å². The van der Waals surface area contributed by atoms with Crippen LogP contribution in [0.25, 0.3) is 0 Å². The third-order valence-electron chi connectivity index (χ3n) is 5.65. The van der Waals surface area contributed by atoms with Gasteiger partial charge in [0.1, 0.15) is 0 Å². The summed E-state index contributed by atoms with van der Waals surface area (Å²) in [7, 11) is -3.27. The van der Waals surface area contributed by atoms with Gasteiger partial charge in [-0.25, -0.2) is 12.7 Å². The fourth-order valence-electron chi connectivity index (χ4n) is 3.52.